The van der Waals surface area contributed by atoms with Crippen LogP contribution in [-0.4, -0.2) is 38.5 Å². The van der Waals surface area contributed by atoms with Crippen LogP contribution in [0.25, 0.3) is 5.65 Å². The van der Waals surface area contributed by atoms with Crippen molar-refractivity contribution in [1.82, 2.24) is 19.5 Å². The zero-order valence-corrected chi connectivity index (χ0v) is 17.0. The van der Waals surface area contributed by atoms with E-state index in [0.29, 0.717) is 49.3 Å². The Hall–Kier alpha value is -2.97. The van der Waals surface area contributed by atoms with Gasteiger partial charge in [-0.25, -0.2) is 13.9 Å². The first kappa shape index (κ1) is 21.3. The highest BCUT2D eigenvalue weighted by Crippen LogP contribution is 2.32. The number of alkyl halides is 3. The first-order valence-electron chi connectivity index (χ1n) is 10.2. The summed E-state index contributed by atoms with van der Waals surface area (Å²) < 4.78 is 55.3. The van der Waals surface area contributed by atoms with Crippen molar-refractivity contribution in [2.75, 3.05) is 13.1 Å². The minimum Gasteiger partial charge on any atom is -0.342 e. The van der Waals surface area contributed by atoms with E-state index < -0.39 is 17.7 Å². The number of benzene rings is 1. The molecule has 3 heterocycles. The van der Waals surface area contributed by atoms with Gasteiger partial charge in [0.1, 0.15) is 11.5 Å². The molecule has 1 unspecified atom stereocenters. The van der Waals surface area contributed by atoms with E-state index in [1.54, 1.807) is 36.1 Å². The van der Waals surface area contributed by atoms with Crippen LogP contribution in [0.1, 0.15) is 48.3 Å². The number of hydrogen-bond donors (Lipinski definition) is 0. The van der Waals surface area contributed by atoms with Crippen molar-refractivity contribution >= 4 is 11.6 Å². The van der Waals surface area contributed by atoms with Gasteiger partial charge in [-0.05, 0) is 37.0 Å². The second kappa shape index (κ2) is 8.28. The van der Waals surface area contributed by atoms with Gasteiger partial charge in [0.05, 0.1) is 12.1 Å². The number of halogens is 4. The lowest BCUT2D eigenvalue weighted by atomic mass is 9.94. The molecule has 3 aromatic rings. The smallest absolute Gasteiger partial charge is 0.342 e. The molecular weight excluding hydrogens is 412 g/mol. The van der Waals surface area contributed by atoms with E-state index in [9.17, 15) is 22.4 Å². The second-order valence-electron chi connectivity index (χ2n) is 7.77. The number of carbonyl (C=O) groups excluding carboxylic acids is 1. The lowest BCUT2D eigenvalue weighted by Gasteiger charge is -2.32. The summed E-state index contributed by atoms with van der Waals surface area (Å²) in [6.45, 7) is 2.61. The Morgan fingerprint density at radius 3 is 2.71 bits per heavy atom. The molecule has 0 spiro atoms. The molecule has 1 aliphatic heterocycles. The molecule has 1 aliphatic rings. The van der Waals surface area contributed by atoms with Crippen LogP contribution in [0.15, 0.2) is 36.4 Å². The Bertz CT molecular complexity index is 1110. The zero-order valence-electron chi connectivity index (χ0n) is 17.0. The van der Waals surface area contributed by atoms with Crippen LogP contribution in [0.5, 0.6) is 0 Å². The van der Waals surface area contributed by atoms with Gasteiger partial charge in [0, 0.05) is 30.8 Å². The average molecular weight is 434 g/mol. The van der Waals surface area contributed by atoms with Gasteiger partial charge < -0.3 is 4.90 Å². The van der Waals surface area contributed by atoms with Crippen molar-refractivity contribution in [2.45, 2.75) is 44.7 Å². The van der Waals surface area contributed by atoms with Crippen LogP contribution in [0.2, 0.25) is 0 Å². The fourth-order valence-corrected chi connectivity index (χ4v) is 3.99. The van der Waals surface area contributed by atoms with Crippen molar-refractivity contribution in [1.29, 1.82) is 0 Å². The van der Waals surface area contributed by atoms with E-state index >= 15 is 0 Å². The molecule has 0 bridgehead atoms. The zero-order chi connectivity index (χ0) is 22.2. The van der Waals surface area contributed by atoms with Crippen LogP contribution in [0, 0.1) is 5.82 Å². The molecule has 9 heteroatoms. The Morgan fingerprint density at radius 2 is 2.00 bits per heavy atom. The van der Waals surface area contributed by atoms with Gasteiger partial charge in [0.25, 0.3) is 0 Å². The van der Waals surface area contributed by atoms with Crippen LogP contribution < -0.4 is 0 Å². The number of aromatic nitrogens is 3. The monoisotopic (exact) mass is 434 g/mol. The summed E-state index contributed by atoms with van der Waals surface area (Å²) >= 11 is 0. The second-order valence-corrected chi connectivity index (χ2v) is 7.77. The number of likely N-dealkylation sites (tertiary alicyclic amines) is 1. The quantitative estimate of drug-likeness (QED) is 0.572. The largest absolute Gasteiger partial charge is 0.433 e. The predicted octanol–water partition coefficient (Wildman–Crippen LogP) is 4.40. The van der Waals surface area contributed by atoms with Crippen LogP contribution in [0.4, 0.5) is 17.6 Å². The molecule has 1 aromatic carbocycles. The summed E-state index contributed by atoms with van der Waals surface area (Å²) in [7, 11) is 0. The first-order valence-corrected chi connectivity index (χ1v) is 10.2. The Kier molecular flexibility index (Phi) is 5.68. The summed E-state index contributed by atoms with van der Waals surface area (Å²) in [5, 5.41) is 4.21. The minimum atomic E-state index is -4.55. The van der Waals surface area contributed by atoms with Gasteiger partial charge in [0.15, 0.2) is 5.65 Å². The van der Waals surface area contributed by atoms with Gasteiger partial charge in [-0.1, -0.05) is 25.1 Å². The minimum absolute atomic E-state index is 0.0514. The maximum atomic E-state index is 13.9. The maximum absolute atomic E-state index is 13.9. The molecule has 1 amide bonds. The number of carbonyl (C=O) groups is 1. The van der Waals surface area contributed by atoms with Gasteiger partial charge in [-0.2, -0.15) is 18.3 Å². The number of rotatable bonds is 4. The lowest BCUT2D eigenvalue weighted by Crippen LogP contribution is -2.40. The highest BCUT2D eigenvalue weighted by molar-refractivity contribution is 5.79. The average Bonchev–Trinajstić information content (AvgIpc) is 3.18. The fourth-order valence-electron chi connectivity index (χ4n) is 3.99. The summed E-state index contributed by atoms with van der Waals surface area (Å²) in [6.07, 6.45) is -2.83. The van der Waals surface area contributed by atoms with Crippen molar-refractivity contribution in [2.24, 2.45) is 0 Å². The highest BCUT2D eigenvalue weighted by atomic mass is 19.4. The number of piperidine rings is 1. The molecule has 0 radical (unpaired) electrons. The third-order valence-electron chi connectivity index (χ3n) is 5.64. The Labute approximate surface area is 176 Å². The molecule has 0 saturated carbocycles. The third kappa shape index (κ3) is 4.40. The molecule has 1 atom stereocenters. The van der Waals surface area contributed by atoms with Crippen molar-refractivity contribution in [3.63, 3.8) is 0 Å². The van der Waals surface area contributed by atoms with E-state index in [2.05, 4.69) is 10.1 Å². The molecule has 164 valence electrons. The van der Waals surface area contributed by atoms with E-state index in [1.165, 1.54) is 6.07 Å². The molecular formula is C22H22F4N4O. The predicted molar refractivity (Wildman–Crippen MR) is 106 cm³/mol. The van der Waals surface area contributed by atoms with E-state index in [-0.39, 0.29) is 23.9 Å². The topological polar surface area (TPSA) is 50.5 Å². The lowest BCUT2D eigenvalue weighted by molar-refractivity contribution is -0.142. The number of hydrogen-bond acceptors (Lipinski definition) is 3. The van der Waals surface area contributed by atoms with Crippen molar-refractivity contribution in [3.05, 3.63) is 64.9 Å². The normalized spacial score (nSPS) is 17.3. The Balaban J connectivity index is 1.58. The first-order chi connectivity index (χ1) is 14.8. The van der Waals surface area contributed by atoms with Crippen LogP contribution in [-0.2, 0) is 23.8 Å². The third-order valence-corrected chi connectivity index (χ3v) is 5.64. The standard InChI is InChI=1S/C22H22F4N4O/c1-2-16-11-19(22(24,25)26)30-20(27-16)12-18(28-30)15-7-5-9-29(13-15)21(31)10-14-6-3-4-8-17(14)23/h3-4,6,8,11-12,15H,2,5,7,9-10,13H2,1H3. The number of fused-ring (bicyclic) bond motifs is 1. The molecule has 1 saturated heterocycles. The summed E-state index contributed by atoms with van der Waals surface area (Å²) in [5.41, 5.74) is 0.445. The summed E-state index contributed by atoms with van der Waals surface area (Å²) in [5.74, 6) is -0.839. The highest BCUT2D eigenvalue weighted by Gasteiger charge is 2.36. The number of amides is 1. The van der Waals surface area contributed by atoms with Gasteiger partial charge in [-0.3, -0.25) is 4.79 Å². The number of aryl methyl sites for hydroxylation is 1. The van der Waals surface area contributed by atoms with E-state index in [1.807, 2.05) is 0 Å². The van der Waals surface area contributed by atoms with Crippen molar-refractivity contribution in [3.8, 4) is 0 Å². The maximum Gasteiger partial charge on any atom is 0.433 e. The summed E-state index contributed by atoms with van der Waals surface area (Å²) in [6, 6.07) is 8.73. The Morgan fingerprint density at radius 1 is 1.23 bits per heavy atom. The van der Waals surface area contributed by atoms with Gasteiger partial charge >= 0.3 is 6.18 Å². The van der Waals surface area contributed by atoms with E-state index in [4.69, 9.17) is 0 Å². The number of nitrogens with zero attached hydrogens (tertiary/aromatic N) is 4. The molecule has 0 aliphatic carbocycles. The molecule has 4 rings (SSSR count). The SMILES string of the molecule is CCc1cc(C(F)(F)F)n2nc(C3CCCN(C(=O)Cc4ccccc4F)C3)cc2n1. The molecule has 1 fully saturated rings. The molecule has 5 nitrogen and oxygen atoms in total. The molecule has 2 aromatic heterocycles. The van der Waals surface area contributed by atoms with Crippen molar-refractivity contribution < 1.29 is 22.4 Å². The van der Waals surface area contributed by atoms with E-state index in [0.717, 1.165) is 10.6 Å². The summed E-state index contributed by atoms with van der Waals surface area (Å²) in [4.78, 5) is 18.6. The van der Waals surface area contributed by atoms with Gasteiger partial charge in [-0.15, -0.1) is 0 Å². The molecule has 0 N–H and O–H groups in total. The van der Waals surface area contributed by atoms with Gasteiger partial charge in [0.2, 0.25) is 5.91 Å². The van der Waals surface area contributed by atoms with Crippen LogP contribution >= 0.6 is 0 Å². The van der Waals surface area contributed by atoms with Crippen LogP contribution in [0.3, 0.4) is 0 Å². The molecule has 31 heavy (non-hydrogen) atoms. The fraction of sp³-hybridized carbons (Fsp3) is 0.409.